The van der Waals surface area contributed by atoms with Crippen molar-refractivity contribution in [2.45, 2.75) is 57.9 Å². The molecule has 1 N–H and O–H groups in total. The fourth-order valence-corrected chi connectivity index (χ4v) is 3.04. The van der Waals surface area contributed by atoms with Gasteiger partial charge in [0.1, 0.15) is 0 Å². The van der Waals surface area contributed by atoms with Crippen LogP contribution >= 0.6 is 0 Å². The van der Waals surface area contributed by atoms with Gasteiger partial charge in [-0.05, 0) is 38.1 Å². The maximum Gasteiger partial charge on any atom is 0.0104 e. The average Bonchev–Trinajstić information content (AvgIpc) is 3.02. The molecule has 2 fully saturated rings. The van der Waals surface area contributed by atoms with Gasteiger partial charge in [0.15, 0.2) is 0 Å². The highest BCUT2D eigenvalue weighted by atomic mass is 15.1. The van der Waals surface area contributed by atoms with E-state index in [4.69, 9.17) is 0 Å². The van der Waals surface area contributed by atoms with Crippen LogP contribution in [0.5, 0.6) is 0 Å². The van der Waals surface area contributed by atoms with E-state index in [1.54, 1.807) is 0 Å². The van der Waals surface area contributed by atoms with Gasteiger partial charge < -0.3 is 10.2 Å². The molecule has 2 nitrogen and oxygen atoms in total. The van der Waals surface area contributed by atoms with Crippen LogP contribution in [0.15, 0.2) is 0 Å². The molecule has 0 aromatic heterocycles. The Morgan fingerprint density at radius 3 is 2.50 bits per heavy atom. The summed E-state index contributed by atoms with van der Waals surface area (Å²) in [6.07, 6.45) is 10.0. The number of nitrogens with zero attached hydrogens (tertiary/aromatic N) is 1. The van der Waals surface area contributed by atoms with Crippen molar-refractivity contribution < 1.29 is 0 Å². The van der Waals surface area contributed by atoms with Crippen LogP contribution in [0.1, 0.15) is 51.9 Å². The molecule has 0 amide bonds. The lowest BCUT2D eigenvalue weighted by atomic mass is 9.75. The summed E-state index contributed by atoms with van der Waals surface area (Å²) in [5.41, 5.74) is 0.604. The molecule has 0 spiro atoms. The van der Waals surface area contributed by atoms with Crippen LogP contribution in [-0.4, -0.2) is 37.6 Å². The second kappa shape index (κ2) is 5.50. The van der Waals surface area contributed by atoms with Crippen LogP contribution in [0, 0.1) is 5.41 Å². The van der Waals surface area contributed by atoms with Crippen LogP contribution < -0.4 is 5.32 Å². The minimum absolute atomic E-state index is 0.604. The van der Waals surface area contributed by atoms with Gasteiger partial charge in [-0.15, -0.1) is 0 Å². The highest BCUT2D eigenvalue weighted by Crippen LogP contribution is 2.36. The summed E-state index contributed by atoms with van der Waals surface area (Å²) in [4.78, 5) is 2.53. The van der Waals surface area contributed by atoms with Gasteiger partial charge in [0.25, 0.3) is 0 Å². The zero-order chi connectivity index (χ0) is 11.4. The molecule has 94 valence electrons. The number of likely N-dealkylation sites (N-methyl/N-ethyl adjacent to an activating group) is 1. The molecule has 2 saturated carbocycles. The third-order valence-electron chi connectivity index (χ3n) is 4.22. The highest BCUT2D eigenvalue weighted by molar-refractivity contribution is 4.83. The smallest absolute Gasteiger partial charge is 0.0104 e. The Morgan fingerprint density at radius 1 is 1.19 bits per heavy atom. The summed E-state index contributed by atoms with van der Waals surface area (Å²) >= 11 is 0. The first-order valence-corrected chi connectivity index (χ1v) is 7.10. The molecule has 2 heteroatoms. The normalized spacial score (nSPS) is 24.9. The van der Waals surface area contributed by atoms with Crippen molar-refractivity contribution in [1.82, 2.24) is 10.2 Å². The Hall–Kier alpha value is -0.0800. The van der Waals surface area contributed by atoms with Crippen LogP contribution in [0.4, 0.5) is 0 Å². The molecule has 16 heavy (non-hydrogen) atoms. The quantitative estimate of drug-likeness (QED) is 0.746. The topological polar surface area (TPSA) is 15.3 Å². The lowest BCUT2D eigenvalue weighted by molar-refractivity contribution is 0.140. The first kappa shape index (κ1) is 12.4. The Bertz CT molecular complexity index is 205. The highest BCUT2D eigenvalue weighted by Gasteiger charge is 2.28. The van der Waals surface area contributed by atoms with Gasteiger partial charge in [-0.2, -0.15) is 0 Å². The molecule has 2 rings (SSSR count). The average molecular weight is 224 g/mol. The Balaban J connectivity index is 1.62. The number of nitrogens with one attached hydrogen (secondary N) is 1. The van der Waals surface area contributed by atoms with Gasteiger partial charge in [-0.1, -0.05) is 26.2 Å². The van der Waals surface area contributed by atoms with Crippen molar-refractivity contribution >= 4 is 0 Å². The first-order valence-electron chi connectivity index (χ1n) is 7.10. The van der Waals surface area contributed by atoms with Gasteiger partial charge in [0.2, 0.25) is 0 Å². The second-order valence-electron chi connectivity index (χ2n) is 6.34. The van der Waals surface area contributed by atoms with E-state index < -0.39 is 0 Å². The Kier molecular flexibility index (Phi) is 4.26. The van der Waals surface area contributed by atoms with Gasteiger partial charge >= 0.3 is 0 Å². The zero-order valence-corrected chi connectivity index (χ0v) is 11.1. The molecular formula is C14H28N2. The number of hydrogen-bond donors (Lipinski definition) is 1. The summed E-state index contributed by atoms with van der Waals surface area (Å²) in [6, 6.07) is 0.860. The van der Waals surface area contributed by atoms with Gasteiger partial charge in [0, 0.05) is 25.7 Å². The lowest BCUT2D eigenvalue weighted by Gasteiger charge is -2.37. The van der Waals surface area contributed by atoms with Crippen molar-refractivity contribution in [3.63, 3.8) is 0 Å². The van der Waals surface area contributed by atoms with E-state index in [1.165, 1.54) is 64.6 Å². The standard InChI is InChI=1S/C14H28N2/c1-14(8-4-3-5-9-14)12-16(2)11-10-15-13-6-7-13/h13,15H,3-12H2,1-2H3. The van der Waals surface area contributed by atoms with E-state index in [-0.39, 0.29) is 0 Å². The molecule has 0 saturated heterocycles. The monoisotopic (exact) mass is 224 g/mol. The predicted molar refractivity (Wildman–Crippen MR) is 69.7 cm³/mol. The summed E-state index contributed by atoms with van der Waals surface area (Å²) in [5.74, 6) is 0. The van der Waals surface area contributed by atoms with Crippen LogP contribution in [0.25, 0.3) is 0 Å². The fraction of sp³-hybridized carbons (Fsp3) is 1.00. The van der Waals surface area contributed by atoms with E-state index in [0.29, 0.717) is 5.41 Å². The molecule has 0 aliphatic heterocycles. The minimum Gasteiger partial charge on any atom is -0.313 e. The van der Waals surface area contributed by atoms with E-state index in [1.807, 2.05) is 0 Å². The van der Waals surface area contributed by atoms with E-state index >= 15 is 0 Å². The maximum absolute atomic E-state index is 3.60. The largest absolute Gasteiger partial charge is 0.313 e. The van der Waals surface area contributed by atoms with Crippen molar-refractivity contribution in [2.24, 2.45) is 5.41 Å². The number of rotatable bonds is 6. The molecule has 2 aliphatic carbocycles. The molecule has 2 aliphatic rings. The van der Waals surface area contributed by atoms with Crippen LogP contribution in [0.2, 0.25) is 0 Å². The van der Waals surface area contributed by atoms with E-state index in [2.05, 4.69) is 24.2 Å². The summed E-state index contributed by atoms with van der Waals surface area (Å²) < 4.78 is 0. The van der Waals surface area contributed by atoms with Crippen molar-refractivity contribution in [1.29, 1.82) is 0 Å². The molecule has 0 bridgehead atoms. The van der Waals surface area contributed by atoms with Crippen molar-refractivity contribution in [3.8, 4) is 0 Å². The van der Waals surface area contributed by atoms with Gasteiger partial charge in [0.05, 0.1) is 0 Å². The maximum atomic E-state index is 3.60. The molecule has 0 aromatic carbocycles. The summed E-state index contributed by atoms with van der Waals surface area (Å²) in [6.45, 7) is 6.17. The molecule has 0 heterocycles. The minimum atomic E-state index is 0.604. The third-order valence-corrected chi connectivity index (χ3v) is 4.22. The SMILES string of the molecule is CN(CCNC1CC1)CC1(C)CCCCC1. The first-order chi connectivity index (χ1) is 7.68. The number of hydrogen-bond acceptors (Lipinski definition) is 2. The Labute approximate surface area is 101 Å². The molecule has 0 radical (unpaired) electrons. The lowest BCUT2D eigenvalue weighted by Crippen LogP contribution is -2.38. The fourth-order valence-electron chi connectivity index (χ4n) is 3.04. The third kappa shape index (κ3) is 4.06. The van der Waals surface area contributed by atoms with Crippen molar-refractivity contribution in [2.75, 3.05) is 26.7 Å². The molecular weight excluding hydrogens is 196 g/mol. The van der Waals surface area contributed by atoms with Crippen LogP contribution in [0.3, 0.4) is 0 Å². The van der Waals surface area contributed by atoms with Crippen molar-refractivity contribution in [3.05, 3.63) is 0 Å². The van der Waals surface area contributed by atoms with E-state index in [0.717, 1.165) is 6.04 Å². The van der Waals surface area contributed by atoms with Gasteiger partial charge in [-0.25, -0.2) is 0 Å². The second-order valence-corrected chi connectivity index (χ2v) is 6.34. The predicted octanol–water partition coefficient (Wildman–Crippen LogP) is 2.64. The molecule has 0 atom stereocenters. The Morgan fingerprint density at radius 2 is 1.88 bits per heavy atom. The summed E-state index contributed by atoms with van der Waals surface area (Å²) in [7, 11) is 2.29. The van der Waals surface area contributed by atoms with E-state index in [9.17, 15) is 0 Å². The molecule has 0 unspecified atom stereocenters. The van der Waals surface area contributed by atoms with Crippen LogP contribution in [-0.2, 0) is 0 Å². The van der Waals surface area contributed by atoms with Gasteiger partial charge in [-0.3, -0.25) is 0 Å². The molecule has 0 aromatic rings. The zero-order valence-electron chi connectivity index (χ0n) is 11.1. The summed E-state index contributed by atoms with van der Waals surface area (Å²) in [5, 5.41) is 3.60.